The average molecular weight is 340 g/mol. The average Bonchev–Trinajstić information content (AvgIpc) is 3.10. The number of ether oxygens (including phenoxy) is 1. The predicted molar refractivity (Wildman–Crippen MR) is 94.7 cm³/mol. The maximum Gasteiger partial charge on any atom is 0.306 e. The molecule has 1 aliphatic heterocycles. The molecule has 2 saturated carbocycles. The summed E-state index contributed by atoms with van der Waals surface area (Å²) >= 11 is 0. The van der Waals surface area contributed by atoms with Gasteiger partial charge in [0, 0.05) is 18.3 Å². The van der Waals surface area contributed by atoms with Crippen LogP contribution in [0, 0.1) is 28.6 Å². The van der Waals surface area contributed by atoms with E-state index in [1.54, 1.807) is 0 Å². The summed E-state index contributed by atoms with van der Waals surface area (Å²) < 4.78 is 5.99. The Hall–Kier alpha value is -1.38. The number of carbonyl (C=O) groups is 2. The molecule has 0 aromatic rings. The number of esters is 1. The molecule has 6 atom stereocenters. The Morgan fingerprint density at radius 2 is 1.80 bits per heavy atom. The molecule has 25 heavy (non-hydrogen) atoms. The van der Waals surface area contributed by atoms with Crippen LogP contribution in [0.5, 0.6) is 0 Å². The van der Waals surface area contributed by atoms with Crippen molar-refractivity contribution in [1.29, 1.82) is 0 Å². The van der Waals surface area contributed by atoms with Crippen LogP contribution in [0.2, 0.25) is 0 Å². The van der Waals surface area contributed by atoms with Crippen LogP contribution >= 0.6 is 0 Å². The van der Waals surface area contributed by atoms with Crippen LogP contribution < -0.4 is 0 Å². The lowest BCUT2D eigenvalue weighted by molar-refractivity contribution is -0.165. The molecule has 0 aromatic carbocycles. The Balaban J connectivity index is 1.53. The van der Waals surface area contributed by atoms with Crippen molar-refractivity contribution in [2.45, 2.75) is 70.8 Å². The maximum atomic E-state index is 11.9. The Labute approximate surface area is 149 Å². The highest BCUT2D eigenvalue weighted by molar-refractivity contribution is 5.92. The van der Waals surface area contributed by atoms with E-state index >= 15 is 0 Å². The third kappa shape index (κ3) is 1.88. The van der Waals surface area contributed by atoms with Crippen molar-refractivity contribution in [3.8, 4) is 0 Å². The zero-order valence-corrected chi connectivity index (χ0v) is 15.3. The van der Waals surface area contributed by atoms with E-state index < -0.39 is 0 Å². The van der Waals surface area contributed by atoms with Crippen LogP contribution in [0.1, 0.15) is 65.2 Å². The van der Waals surface area contributed by atoms with Crippen LogP contribution in [0.15, 0.2) is 23.8 Å². The van der Waals surface area contributed by atoms with Gasteiger partial charge < -0.3 is 4.74 Å². The van der Waals surface area contributed by atoms with Crippen molar-refractivity contribution >= 4 is 11.8 Å². The lowest BCUT2D eigenvalue weighted by Crippen LogP contribution is -2.53. The van der Waals surface area contributed by atoms with Crippen molar-refractivity contribution in [3.05, 3.63) is 23.8 Å². The fraction of sp³-hybridized carbons (Fsp3) is 0.727. The highest BCUT2D eigenvalue weighted by Gasteiger charge is 2.66. The molecule has 4 aliphatic carbocycles. The molecule has 1 spiro atoms. The van der Waals surface area contributed by atoms with E-state index in [4.69, 9.17) is 4.74 Å². The summed E-state index contributed by atoms with van der Waals surface area (Å²) in [6.45, 7) is 4.78. The zero-order chi connectivity index (χ0) is 17.4. The molecule has 0 bridgehead atoms. The third-order valence-corrected chi connectivity index (χ3v) is 8.85. The summed E-state index contributed by atoms with van der Waals surface area (Å²) in [5.41, 5.74) is 1.32. The molecule has 0 amide bonds. The largest absolute Gasteiger partial charge is 0.458 e. The third-order valence-electron chi connectivity index (χ3n) is 8.85. The second-order valence-corrected chi connectivity index (χ2v) is 9.60. The van der Waals surface area contributed by atoms with Gasteiger partial charge in [0.25, 0.3) is 0 Å². The molecule has 1 heterocycles. The summed E-state index contributed by atoms with van der Waals surface area (Å²) in [4.78, 5) is 23.8. The highest BCUT2D eigenvalue weighted by atomic mass is 16.6. The highest BCUT2D eigenvalue weighted by Crippen LogP contribution is 2.68. The second-order valence-electron chi connectivity index (χ2n) is 9.60. The quantitative estimate of drug-likeness (QED) is 0.615. The number of hydrogen-bond donors (Lipinski definition) is 0. The van der Waals surface area contributed by atoms with Crippen LogP contribution in [0.25, 0.3) is 0 Å². The Kier molecular flexibility index (Phi) is 3.08. The van der Waals surface area contributed by atoms with E-state index in [-0.39, 0.29) is 28.2 Å². The van der Waals surface area contributed by atoms with Gasteiger partial charge in [0.2, 0.25) is 0 Å². The smallest absolute Gasteiger partial charge is 0.306 e. The first-order valence-electron chi connectivity index (χ1n) is 10.0. The number of hydrogen-bond acceptors (Lipinski definition) is 3. The van der Waals surface area contributed by atoms with Crippen LogP contribution in [0.4, 0.5) is 0 Å². The van der Waals surface area contributed by atoms with Gasteiger partial charge in [0.15, 0.2) is 5.78 Å². The number of carbonyl (C=O) groups excluding carboxylic acids is 2. The van der Waals surface area contributed by atoms with Crippen molar-refractivity contribution in [2.75, 3.05) is 0 Å². The Morgan fingerprint density at radius 1 is 1.00 bits per heavy atom. The molecular weight excluding hydrogens is 312 g/mol. The zero-order valence-electron chi connectivity index (χ0n) is 15.3. The number of rotatable bonds is 0. The molecule has 5 aliphatic rings. The summed E-state index contributed by atoms with van der Waals surface area (Å²) in [5.74, 6) is 2.08. The standard InChI is InChI=1S/C22H28O3/c1-20-9-5-15(23)13-14(20)3-4-16-17(20)6-10-21(2)18(16)7-11-22(21)12-8-19(24)25-22/h3-4,13,16-18H,5-12H2,1-2H3/t16-,17-,18-,20+,21-,22-/m0/s1. The minimum absolute atomic E-state index is 0.00570. The minimum Gasteiger partial charge on any atom is -0.458 e. The minimum atomic E-state index is -0.201. The van der Waals surface area contributed by atoms with Gasteiger partial charge in [-0.05, 0) is 73.3 Å². The Morgan fingerprint density at radius 3 is 2.56 bits per heavy atom. The monoisotopic (exact) mass is 340 g/mol. The van der Waals surface area contributed by atoms with Gasteiger partial charge in [-0.1, -0.05) is 26.0 Å². The van der Waals surface area contributed by atoms with Crippen molar-refractivity contribution in [3.63, 3.8) is 0 Å². The molecule has 134 valence electrons. The molecule has 0 N–H and O–H groups in total. The van der Waals surface area contributed by atoms with E-state index in [9.17, 15) is 9.59 Å². The maximum absolute atomic E-state index is 11.9. The van der Waals surface area contributed by atoms with E-state index in [0.717, 1.165) is 25.7 Å². The first kappa shape index (κ1) is 15.8. The number of ketones is 1. The summed E-state index contributed by atoms with van der Waals surface area (Å²) in [6.07, 6.45) is 14.3. The van der Waals surface area contributed by atoms with E-state index in [0.29, 0.717) is 30.6 Å². The molecular formula is C22H28O3. The van der Waals surface area contributed by atoms with Crippen LogP contribution in [0.3, 0.4) is 0 Å². The molecule has 3 heteroatoms. The molecule has 5 rings (SSSR count). The van der Waals surface area contributed by atoms with Gasteiger partial charge in [0.05, 0.1) is 0 Å². The van der Waals surface area contributed by atoms with Gasteiger partial charge in [-0.25, -0.2) is 0 Å². The Bertz CT molecular complexity index is 719. The summed E-state index contributed by atoms with van der Waals surface area (Å²) in [5, 5.41) is 0. The van der Waals surface area contributed by atoms with E-state index in [1.165, 1.54) is 18.4 Å². The fourth-order valence-electron chi connectivity index (χ4n) is 7.29. The lowest BCUT2D eigenvalue weighted by atomic mass is 9.48. The van der Waals surface area contributed by atoms with E-state index in [2.05, 4.69) is 26.0 Å². The van der Waals surface area contributed by atoms with Crippen LogP contribution in [-0.4, -0.2) is 17.4 Å². The number of allylic oxidation sites excluding steroid dienone is 4. The summed E-state index contributed by atoms with van der Waals surface area (Å²) in [7, 11) is 0. The number of fused-ring (bicyclic) bond motifs is 6. The van der Waals surface area contributed by atoms with Gasteiger partial charge in [-0.2, -0.15) is 0 Å². The molecule has 0 radical (unpaired) electrons. The van der Waals surface area contributed by atoms with Gasteiger partial charge >= 0.3 is 5.97 Å². The first-order valence-corrected chi connectivity index (χ1v) is 10.0. The molecule has 1 saturated heterocycles. The van der Waals surface area contributed by atoms with Gasteiger partial charge in [-0.3, -0.25) is 9.59 Å². The van der Waals surface area contributed by atoms with Crippen molar-refractivity contribution in [2.24, 2.45) is 28.6 Å². The second kappa shape index (κ2) is 4.86. The summed E-state index contributed by atoms with van der Waals surface area (Å²) in [6, 6.07) is 0. The fourth-order valence-corrected chi connectivity index (χ4v) is 7.29. The molecule has 0 aromatic heterocycles. The van der Waals surface area contributed by atoms with Crippen molar-refractivity contribution < 1.29 is 14.3 Å². The molecule has 3 nitrogen and oxygen atoms in total. The topological polar surface area (TPSA) is 43.4 Å². The van der Waals surface area contributed by atoms with E-state index in [1.807, 2.05) is 6.08 Å². The van der Waals surface area contributed by atoms with Crippen LogP contribution in [-0.2, 0) is 14.3 Å². The lowest BCUT2D eigenvalue weighted by Gasteiger charge is -2.57. The molecule has 3 fully saturated rings. The van der Waals surface area contributed by atoms with Gasteiger partial charge in [-0.15, -0.1) is 0 Å². The van der Waals surface area contributed by atoms with Crippen molar-refractivity contribution in [1.82, 2.24) is 0 Å². The predicted octanol–water partition coefficient (Wildman–Crippen LogP) is 4.37. The van der Waals surface area contributed by atoms with Gasteiger partial charge in [0.1, 0.15) is 5.60 Å². The normalized spacial score (nSPS) is 51.0. The first-order chi connectivity index (χ1) is 11.9. The molecule has 0 unspecified atom stereocenters. The SMILES string of the molecule is C[C@]12CC[C@H]3[C@H](C=CC4=CC(=O)CC[C@]43C)[C@@H]1CC[C@]21CCC(=O)O1.